The van der Waals surface area contributed by atoms with Gasteiger partial charge in [-0.25, -0.2) is 0 Å². The van der Waals surface area contributed by atoms with Crippen molar-refractivity contribution in [2.24, 2.45) is 15.9 Å². The highest BCUT2D eigenvalue weighted by atomic mass is 16.3. The maximum Gasteiger partial charge on any atom is 0.164 e. The van der Waals surface area contributed by atoms with E-state index in [1.54, 1.807) is 0 Å². The molecule has 2 atom stereocenters. The average molecular weight is 588 g/mol. The molecular formula is C29H37N9O4. The van der Waals surface area contributed by atoms with Crippen molar-refractivity contribution in [2.45, 2.75) is 57.0 Å². The van der Waals surface area contributed by atoms with Crippen LogP contribution in [0.2, 0.25) is 0 Å². The van der Waals surface area contributed by atoms with Crippen molar-refractivity contribution >= 4 is 5.78 Å². The van der Waals surface area contributed by atoms with Crippen molar-refractivity contribution in [2.75, 3.05) is 26.7 Å². The minimum absolute atomic E-state index is 0.0239. The molecule has 0 bridgehead atoms. The van der Waals surface area contributed by atoms with E-state index in [2.05, 4.69) is 30.8 Å². The van der Waals surface area contributed by atoms with E-state index in [4.69, 9.17) is 16.4 Å². The average Bonchev–Trinajstić information content (AvgIpc) is 3.61. The number of hydrogen-bond acceptors (Lipinski definition) is 10. The highest BCUT2D eigenvalue weighted by Crippen LogP contribution is 2.31. The van der Waals surface area contributed by atoms with Crippen LogP contribution in [0.25, 0.3) is 0 Å². The predicted molar refractivity (Wildman–Crippen MR) is 158 cm³/mol. The molecule has 5 rings (SSSR count). The fourth-order valence-electron chi connectivity index (χ4n) is 4.24. The fraction of sp³-hybridized carbons (Fsp3) is 0.448. The van der Waals surface area contributed by atoms with E-state index in [-0.39, 0.29) is 78.5 Å². The number of hydrogen-bond donors (Lipinski definition) is 0. The monoisotopic (exact) mass is 587 g/mol. The van der Waals surface area contributed by atoms with E-state index in [0.717, 1.165) is 24.3 Å². The molecule has 0 amide bonds. The summed E-state index contributed by atoms with van der Waals surface area (Å²) in [4.78, 5) is 54.0. The summed E-state index contributed by atoms with van der Waals surface area (Å²) in [6, 6.07) is -2.84. The van der Waals surface area contributed by atoms with Crippen molar-refractivity contribution in [1.82, 2.24) is 30.0 Å². The topological polar surface area (TPSA) is 154 Å². The van der Waals surface area contributed by atoms with Crippen LogP contribution in [0.3, 0.4) is 0 Å². The van der Waals surface area contributed by atoms with Gasteiger partial charge < -0.3 is 0 Å². The summed E-state index contributed by atoms with van der Waals surface area (Å²) in [5.41, 5.74) is 0.209. The zero-order chi connectivity index (χ0) is 40.4. The molecule has 2 fully saturated rings. The molecule has 2 unspecified atom stereocenters. The van der Waals surface area contributed by atoms with Gasteiger partial charge >= 0.3 is 0 Å². The van der Waals surface area contributed by atoms with Crippen molar-refractivity contribution in [3.8, 4) is 0 Å². The highest BCUT2D eigenvalue weighted by molar-refractivity contribution is 5.95. The van der Waals surface area contributed by atoms with Crippen LogP contribution in [-0.2, 0) is 0 Å². The van der Waals surface area contributed by atoms with E-state index in [1.165, 1.54) is 17.1 Å². The smallest absolute Gasteiger partial charge is 0.164 e. The van der Waals surface area contributed by atoms with Gasteiger partial charge in [0.2, 0.25) is 0 Å². The van der Waals surface area contributed by atoms with Gasteiger partial charge in [0.05, 0.1) is 44.4 Å². The van der Waals surface area contributed by atoms with Crippen LogP contribution in [0.1, 0.15) is 95.0 Å². The van der Waals surface area contributed by atoms with Gasteiger partial charge in [0, 0.05) is 75.7 Å². The molecule has 2 saturated heterocycles. The number of Topliss-reactive ketones (excluding diaryl/α,β-unsaturated/α-hetero) is 1. The summed E-state index contributed by atoms with van der Waals surface area (Å²) in [7, 11) is 1.47. The van der Waals surface area contributed by atoms with Crippen LogP contribution in [0.5, 0.6) is 0 Å². The Balaban J connectivity index is 0.000000218. The summed E-state index contributed by atoms with van der Waals surface area (Å²) in [5, 5.41) is 12.1. The molecule has 3 aromatic rings. The summed E-state index contributed by atoms with van der Waals surface area (Å²) in [6.45, 7) is 1.26. The molecule has 13 heteroatoms. The van der Waals surface area contributed by atoms with Crippen LogP contribution >= 0.6 is 0 Å². The lowest BCUT2D eigenvalue weighted by Crippen LogP contribution is -2.28. The number of aromatic nitrogens is 3. The number of rotatable bonds is 10. The Labute approximate surface area is 262 Å². The Morgan fingerprint density at radius 2 is 1.40 bits per heavy atom. The van der Waals surface area contributed by atoms with E-state index >= 15 is 0 Å². The van der Waals surface area contributed by atoms with Crippen LogP contribution in [-0.4, -0.2) is 62.4 Å². The SMILES string of the molecule is [2H]c1nc([2H])c(C(=O)CCCN(C)N=O)c([2H])c1[2H].[2H]c1nc([2H])c(C2CCCCN2N=O)c([2H])c1[2H].[2H]c1nc([2H])c(C2CCCN2N=O)c([2H])c1[2H]. The largest absolute Gasteiger partial charge is 0.294 e. The quantitative estimate of drug-likeness (QED) is 0.160. The number of pyridine rings is 3. The molecule has 0 aromatic carbocycles. The molecule has 0 saturated carbocycles. The Morgan fingerprint density at radius 3 is 2.00 bits per heavy atom. The molecule has 0 aliphatic carbocycles. The van der Waals surface area contributed by atoms with Gasteiger partial charge in [0.25, 0.3) is 0 Å². The van der Waals surface area contributed by atoms with Gasteiger partial charge in [-0.05, 0) is 73.8 Å². The lowest BCUT2D eigenvalue weighted by atomic mass is 9.98. The summed E-state index contributed by atoms with van der Waals surface area (Å²) in [5.74, 6) is -0.490. The molecule has 3 aromatic heterocycles. The second-order valence-electron chi connectivity index (χ2n) is 9.11. The normalized spacial score (nSPS) is 21.5. The second-order valence-corrected chi connectivity index (χ2v) is 9.11. The van der Waals surface area contributed by atoms with Gasteiger partial charge in [0.1, 0.15) is 0 Å². The van der Waals surface area contributed by atoms with Gasteiger partial charge in [-0.1, -0.05) is 12.1 Å². The van der Waals surface area contributed by atoms with Crippen LogP contribution in [0.15, 0.2) is 89.1 Å². The van der Waals surface area contributed by atoms with Gasteiger partial charge in [-0.3, -0.25) is 34.8 Å². The lowest BCUT2D eigenvalue weighted by Gasteiger charge is -2.30. The van der Waals surface area contributed by atoms with Crippen molar-refractivity contribution < 1.29 is 21.2 Å². The molecule has 0 radical (unpaired) electrons. The van der Waals surface area contributed by atoms with E-state index in [9.17, 15) is 19.5 Å². The van der Waals surface area contributed by atoms with Crippen LogP contribution in [0, 0.1) is 14.7 Å². The molecule has 13 nitrogen and oxygen atoms in total. The molecule has 2 aliphatic rings. The maximum absolute atomic E-state index is 11.9. The summed E-state index contributed by atoms with van der Waals surface area (Å²) >= 11 is 0. The first-order valence-corrected chi connectivity index (χ1v) is 13.1. The molecule has 0 spiro atoms. The zero-order valence-electron chi connectivity index (χ0n) is 34.9. The fourth-order valence-corrected chi connectivity index (χ4v) is 4.24. The minimum Gasteiger partial charge on any atom is -0.294 e. The predicted octanol–water partition coefficient (Wildman–Crippen LogP) is 5.85. The number of carbonyl (C=O) groups excluding carboxylic acids is 1. The van der Waals surface area contributed by atoms with Crippen LogP contribution in [0.4, 0.5) is 0 Å². The van der Waals surface area contributed by atoms with Crippen molar-refractivity contribution in [3.63, 3.8) is 0 Å². The molecule has 222 valence electrons. The van der Waals surface area contributed by atoms with E-state index in [1.807, 2.05) is 0 Å². The maximum atomic E-state index is 11.9. The molecule has 0 N–H and O–H groups in total. The standard InChI is InChI=1S/C10H13N3O2.C10H13N3O.C9H11N3O/c1-13(12-15)7-3-5-10(14)9-4-2-6-11-8-9;14-12-13-7-2-1-5-10(13)9-4-3-6-11-8-9;13-11-12-6-2-4-9(12)8-3-1-5-10-7-8/h2,4,6,8H,3,5,7H2,1H3;3-4,6,8,10H,1-2,5,7H2;1,3,5,7,9H,2,4,6H2/i2D,4D,6D,8D;3D,4D,6D,8D;1D,3D,5D,7D. The second kappa shape index (κ2) is 17.9. The highest BCUT2D eigenvalue weighted by Gasteiger charge is 2.26. The van der Waals surface area contributed by atoms with Gasteiger partial charge in [-0.2, -0.15) is 0 Å². The Morgan fingerprint density at radius 1 is 0.857 bits per heavy atom. The third-order valence-corrected chi connectivity index (χ3v) is 6.32. The first-order valence-electron chi connectivity index (χ1n) is 19.1. The Kier molecular flexibility index (Phi) is 7.96. The molecule has 42 heavy (non-hydrogen) atoms. The number of carbonyl (C=O) groups is 1. The summed E-state index contributed by atoms with van der Waals surface area (Å²) < 4.78 is 90.6. The minimum atomic E-state index is -0.490. The first kappa shape index (κ1) is 18.7. The number of piperidine rings is 1. The van der Waals surface area contributed by atoms with E-state index < -0.39 is 42.3 Å². The van der Waals surface area contributed by atoms with Gasteiger partial charge in [-0.15, -0.1) is 14.7 Å². The molecule has 5 heterocycles. The number of nitrogens with zero attached hydrogens (tertiary/aromatic N) is 9. The molecular weight excluding hydrogens is 538 g/mol. The van der Waals surface area contributed by atoms with Gasteiger partial charge in [0.15, 0.2) is 5.78 Å². The summed E-state index contributed by atoms with van der Waals surface area (Å²) in [6.07, 6.45) is 1.95. The third kappa shape index (κ3) is 10.1. The molecule has 2 aliphatic heterocycles. The first-order chi connectivity index (χ1) is 25.5. The Bertz CT molecular complexity index is 1880. The Hall–Kier alpha value is -4.68. The lowest BCUT2D eigenvalue weighted by molar-refractivity contribution is 0.0976. The zero-order valence-corrected chi connectivity index (χ0v) is 22.9. The number of ketones is 1. The van der Waals surface area contributed by atoms with Crippen molar-refractivity contribution in [3.05, 3.63) is 105 Å². The third-order valence-electron chi connectivity index (χ3n) is 6.32. The van der Waals surface area contributed by atoms with Crippen molar-refractivity contribution in [1.29, 1.82) is 0 Å². The van der Waals surface area contributed by atoms with Crippen LogP contribution < -0.4 is 0 Å². The van der Waals surface area contributed by atoms with E-state index in [0.29, 0.717) is 32.4 Å². The number of nitroso groups, excluding NO2 is 3.